The molecule has 0 aliphatic rings. The molecule has 2 heteroatoms. The highest BCUT2D eigenvalue weighted by molar-refractivity contribution is 9.10. The van der Waals surface area contributed by atoms with Crippen molar-refractivity contribution in [3.63, 3.8) is 0 Å². The topological polar surface area (TPSA) is 12.0 Å². The molecule has 0 heterocycles. The van der Waals surface area contributed by atoms with Gasteiger partial charge in [-0.3, -0.25) is 0 Å². The van der Waals surface area contributed by atoms with Crippen LogP contribution in [0.15, 0.2) is 53.0 Å². The highest BCUT2D eigenvalue weighted by atomic mass is 79.9. The quantitative estimate of drug-likeness (QED) is 0.870. The smallest absolute Gasteiger partial charge is 0.0295 e. The van der Waals surface area contributed by atoms with Crippen LogP contribution in [0.5, 0.6) is 0 Å². The van der Waals surface area contributed by atoms with Gasteiger partial charge in [-0.2, -0.15) is 0 Å². The second-order valence-electron chi connectivity index (χ2n) is 4.64. The van der Waals surface area contributed by atoms with Crippen molar-refractivity contribution in [3.05, 3.63) is 69.7 Å². The lowest BCUT2D eigenvalue weighted by Crippen LogP contribution is -2.18. The highest BCUT2D eigenvalue weighted by Gasteiger charge is 2.04. The first-order valence-corrected chi connectivity index (χ1v) is 6.99. The van der Waals surface area contributed by atoms with E-state index < -0.39 is 0 Å². The molecule has 1 N–H and O–H groups in total. The van der Waals surface area contributed by atoms with E-state index in [1.54, 1.807) is 0 Å². The first-order valence-electron chi connectivity index (χ1n) is 6.19. The summed E-state index contributed by atoms with van der Waals surface area (Å²) in [4.78, 5) is 0. The van der Waals surface area contributed by atoms with E-state index in [0.717, 1.165) is 11.0 Å². The number of hydrogen-bond donors (Lipinski definition) is 1. The Balaban J connectivity index is 1.96. The van der Waals surface area contributed by atoms with Crippen LogP contribution in [0.1, 0.15) is 29.7 Å². The van der Waals surface area contributed by atoms with Crippen LogP contribution in [-0.4, -0.2) is 0 Å². The van der Waals surface area contributed by atoms with Crippen molar-refractivity contribution in [2.45, 2.75) is 26.4 Å². The molecule has 2 aromatic carbocycles. The van der Waals surface area contributed by atoms with Gasteiger partial charge in [-0.05, 0) is 37.1 Å². The lowest BCUT2D eigenvalue weighted by molar-refractivity contribution is 0.574. The first kappa shape index (κ1) is 13.3. The predicted molar refractivity (Wildman–Crippen MR) is 80.6 cm³/mol. The van der Waals surface area contributed by atoms with Gasteiger partial charge in [0.25, 0.3) is 0 Å². The van der Waals surface area contributed by atoms with Crippen LogP contribution in [0.2, 0.25) is 0 Å². The Morgan fingerprint density at radius 2 is 1.83 bits per heavy atom. The summed E-state index contributed by atoms with van der Waals surface area (Å²) < 4.78 is 1.12. The minimum Gasteiger partial charge on any atom is -0.306 e. The summed E-state index contributed by atoms with van der Waals surface area (Å²) >= 11 is 3.45. The Labute approximate surface area is 117 Å². The summed E-state index contributed by atoms with van der Waals surface area (Å²) in [6.07, 6.45) is 0. The molecule has 0 amide bonds. The maximum Gasteiger partial charge on any atom is 0.0295 e. The third kappa shape index (κ3) is 3.69. The van der Waals surface area contributed by atoms with Crippen molar-refractivity contribution < 1.29 is 0 Å². The van der Waals surface area contributed by atoms with Gasteiger partial charge >= 0.3 is 0 Å². The number of rotatable bonds is 4. The fourth-order valence-corrected chi connectivity index (χ4v) is 2.19. The molecule has 0 saturated heterocycles. The predicted octanol–water partition coefficient (Wildman–Crippen LogP) is 4.61. The Kier molecular flexibility index (Phi) is 4.56. The summed E-state index contributed by atoms with van der Waals surface area (Å²) in [6, 6.07) is 17.5. The molecule has 0 fully saturated rings. The van der Waals surface area contributed by atoms with Crippen molar-refractivity contribution >= 4 is 15.9 Å². The minimum absolute atomic E-state index is 0.369. The van der Waals surface area contributed by atoms with Crippen molar-refractivity contribution in [2.75, 3.05) is 0 Å². The molecule has 2 rings (SSSR count). The molecule has 2 aromatic rings. The van der Waals surface area contributed by atoms with Gasteiger partial charge in [0.2, 0.25) is 0 Å². The van der Waals surface area contributed by atoms with Gasteiger partial charge in [-0.15, -0.1) is 0 Å². The Morgan fingerprint density at radius 1 is 1.11 bits per heavy atom. The number of benzene rings is 2. The summed E-state index contributed by atoms with van der Waals surface area (Å²) in [6.45, 7) is 5.22. The summed E-state index contributed by atoms with van der Waals surface area (Å²) in [5, 5.41) is 3.55. The van der Waals surface area contributed by atoms with E-state index in [-0.39, 0.29) is 0 Å². The molecule has 0 aliphatic heterocycles. The maximum atomic E-state index is 3.55. The zero-order valence-electron chi connectivity index (χ0n) is 10.8. The Morgan fingerprint density at radius 3 is 2.50 bits per heavy atom. The van der Waals surface area contributed by atoms with Crippen molar-refractivity contribution in [1.29, 1.82) is 0 Å². The normalized spacial score (nSPS) is 12.4. The molecule has 0 aromatic heterocycles. The van der Waals surface area contributed by atoms with Crippen LogP contribution in [0.25, 0.3) is 0 Å². The fraction of sp³-hybridized carbons (Fsp3) is 0.250. The number of hydrogen-bond acceptors (Lipinski definition) is 1. The second kappa shape index (κ2) is 6.17. The maximum absolute atomic E-state index is 3.55. The molecule has 0 aliphatic carbocycles. The highest BCUT2D eigenvalue weighted by Crippen LogP contribution is 2.15. The summed E-state index contributed by atoms with van der Waals surface area (Å²) in [5.41, 5.74) is 3.95. The average molecular weight is 304 g/mol. The largest absolute Gasteiger partial charge is 0.306 e. The summed E-state index contributed by atoms with van der Waals surface area (Å²) in [7, 11) is 0. The van der Waals surface area contributed by atoms with E-state index in [0.29, 0.717) is 6.04 Å². The van der Waals surface area contributed by atoms with Crippen molar-refractivity contribution in [3.8, 4) is 0 Å². The van der Waals surface area contributed by atoms with Crippen LogP contribution in [0, 0.1) is 6.92 Å². The van der Waals surface area contributed by atoms with Crippen molar-refractivity contribution in [2.24, 2.45) is 0 Å². The fourth-order valence-electron chi connectivity index (χ4n) is 1.93. The van der Waals surface area contributed by atoms with Crippen molar-refractivity contribution in [1.82, 2.24) is 5.32 Å². The number of halogens is 1. The summed E-state index contributed by atoms with van der Waals surface area (Å²) in [5.74, 6) is 0. The second-order valence-corrected chi connectivity index (χ2v) is 5.56. The van der Waals surface area contributed by atoms with E-state index in [2.05, 4.69) is 83.6 Å². The van der Waals surface area contributed by atoms with E-state index in [9.17, 15) is 0 Å². The SMILES string of the molecule is Cc1cccc(C(C)NCc2ccc(Br)cc2)c1. The van der Waals surface area contributed by atoms with Gasteiger partial charge in [0.05, 0.1) is 0 Å². The molecule has 0 saturated carbocycles. The standard InChI is InChI=1S/C16H18BrN/c1-12-4-3-5-15(10-12)13(2)18-11-14-6-8-16(17)9-7-14/h3-10,13,18H,11H2,1-2H3. The first-order chi connectivity index (χ1) is 8.65. The van der Waals surface area contributed by atoms with Crippen LogP contribution >= 0.6 is 15.9 Å². The number of aryl methyl sites for hydroxylation is 1. The molecule has 94 valence electrons. The number of nitrogens with one attached hydrogen (secondary N) is 1. The van der Waals surface area contributed by atoms with E-state index >= 15 is 0 Å². The van der Waals surface area contributed by atoms with Crippen LogP contribution in [-0.2, 0) is 6.54 Å². The van der Waals surface area contributed by atoms with E-state index in [1.165, 1.54) is 16.7 Å². The molecule has 0 radical (unpaired) electrons. The van der Waals surface area contributed by atoms with Gasteiger partial charge in [0.15, 0.2) is 0 Å². The van der Waals surface area contributed by atoms with E-state index in [1.807, 2.05) is 0 Å². The van der Waals surface area contributed by atoms with Gasteiger partial charge in [0.1, 0.15) is 0 Å². The van der Waals surface area contributed by atoms with Crippen LogP contribution in [0.4, 0.5) is 0 Å². The molecular weight excluding hydrogens is 286 g/mol. The molecule has 1 nitrogen and oxygen atoms in total. The lowest BCUT2D eigenvalue weighted by Gasteiger charge is -2.15. The third-order valence-corrected chi connectivity index (χ3v) is 3.60. The average Bonchev–Trinajstić information content (AvgIpc) is 2.38. The van der Waals surface area contributed by atoms with Gasteiger partial charge in [-0.1, -0.05) is 57.9 Å². The van der Waals surface area contributed by atoms with E-state index in [4.69, 9.17) is 0 Å². The van der Waals surface area contributed by atoms with Gasteiger partial charge < -0.3 is 5.32 Å². The molecule has 0 spiro atoms. The monoisotopic (exact) mass is 303 g/mol. The van der Waals surface area contributed by atoms with Crippen LogP contribution in [0.3, 0.4) is 0 Å². The molecule has 18 heavy (non-hydrogen) atoms. The van der Waals surface area contributed by atoms with Gasteiger partial charge in [0, 0.05) is 17.1 Å². The zero-order chi connectivity index (χ0) is 13.0. The molecule has 0 bridgehead atoms. The van der Waals surface area contributed by atoms with Gasteiger partial charge in [-0.25, -0.2) is 0 Å². The van der Waals surface area contributed by atoms with Crippen LogP contribution < -0.4 is 5.32 Å². The Bertz CT molecular complexity index is 505. The third-order valence-electron chi connectivity index (χ3n) is 3.07. The lowest BCUT2D eigenvalue weighted by atomic mass is 10.1. The molecule has 1 unspecified atom stereocenters. The molecular formula is C16H18BrN. The zero-order valence-corrected chi connectivity index (χ0v) is 12.4. The Hall–Kier alpha value is -1.12. The molecule has 1 atom stereocenters. The minimum atomic E-state index is 0.369.